The molecule has 2 heteroatoms. The highest BCUT2D eigenvalue weighted by Crippen LogP contribution is 2.15. The number of nitrogens with two attached hydrogens (primary N) is 1. The van der Waals surface area contributed by atoms with Gasteiger partial charge in [0.05, 0.1) is 0 Å². The van der Waals surface area contributed by atoms with Crippen molar-refractivity contribution in [3.05, 3.63) is 35.9 Å². The van der Waals surface area contributed by atoms with Gasteiger partial charge in [-0.05, 0) is 56.8 Å². The highest BCUT2D eigenvalue weighted by atomic mass is 15.1. The summed E-state index contributed by atoms with van der Waals surface area (Å²) in [5.74, 6) is 0.754. The van der Waals surface area contributed by atoms with E-state index in [9.17, 15) is 0 Å². The van der Waals surface area contributed by atoms with E-state index in [1.165, 1.54) is 50.9 Å². The molecule has 1 heterocycles. The van der Waals surface area contributed by atoms with Gasteiger partial charge in [0, 0.05) is 6.54 Å². The average molecular weight is 232 g/mol. The molecule has 0 radical (unpaired) electrons. The third-order valence-corrected chi connectivity index (χ3v) is 3.74. The van der Waals surface area contributed by atoms with Crippen molar-refractivity contribution in [3.8, 4) is 0 Å². The predicted molar refractivity (Wildman–Crippen MR) is 73.0 cm³/mol. The van der Waals surface area contributed by atoms with Crippen LogP contribution >= 0.6 is 0 Å². The van der Waals surface area contributed by atoms with E-state index in [0.29, 0.717) is 0 Å². The summed E-state index contributed by atoms with van der Waals surface area (Å²) in [6.45, 7) is 4.60. The van der Waals surface area contributed by atoms with E-state index in [2.05, 4.69) is 35.2 Å². The lowest BCUT2D eigenvalue weighted by Gasteiger charge is -2.15. The maximum Gasteiger partial charge on any atom is 0.00222 e. The number of benzene rings is 1. The molecule has 2 N–H and O–H groups in total. The molecule has 1 unspecified atom stereocenters. The molecule has 0 spiro atoms. The molecule has 1 fully saturated rings. The molecule has 1 aliphatic heterocycles. The molecule has 0 bridgehead atoms. The Morgan fingerprint density at radius 3 is 2.71 bits per heavy atom. The van der Waals surface area contributed by atoms with Crippen LogP contribution in [0.15, 0.2) is 30.3 Å². The van der Waals surface area contributed by atoms with Gasteiger partial charge >= 0.3 is 0 Å². The zero-order chi connectivity index (χ0) is 11.9. The topological polar surface area (TPSA) is 29.3 Å². The Bertz CT molecular complexity index is 310. The normalized spacial score (nSPS) is 20.9. The van der Waals surface area contributed by atoms with Gasteiger partial charge in [0.2, 0.25) is 0 Å². The van der Waals surface area contributed by atoms with Gasteiger partial charge in [-0.1, -0.05) is 30.3 Å². The van der Waals surface area contributed by atoms with E-state index < -0.39 is 0 Å². The van der Waals surface area contributed by atoms with Crippen molar-refractivity contribution >= 4 is 0 Å². The van der Waals surface area contributed by atoms with Gasteiger partial charge in [-0.25, -0.2) is 0 Å². The molecule has 94 valence electrons. The van der Waals surface area contributed by atoms with Crippen LogP contribution in [0.4, 0.5) is 0 Å². The summed E-state index contributed by atoms with van der Waals surface area (Å²) in [6.07, 6.45) is 5.13. The van der Waals surface area contributed by atoms with Crippen LogP contribution in [0.25, 0.3) is 0 Å². The van der Waals surface area contributed by atoms with Gasteiger partial charge < -0.3 is 10.6 Å². The van der Waals surface area contributed by atoms with Crippen LogP contribution < -0.4 is 5.73 Å². The maximum absolute atomic E-state index is 5.70. The van der Waals surface area contributed by atoms with Crippen molar-refractivity contribution in [2.45, 2.75) is 25.7 Å². The van der Waals surface area contributed by atoms with Gasteiger partial charge in [-0.15, -0.1) is 0 Å². The maximum atomic E-state index is 5.70. The van der Waals surface area contributed by atoms with Crippen molar-refractivity contribution in [3.63, 3.8) is 0 Å². The van der Waals surface area contributed by atoms with E-state index in [-0.39, 0.29) is 0 Å². The zero-order valence-electron chi connectivity index (χ0n) is 10.6. The first-order valence-corrected chi connectivity index (χ1v) is 6.85. The number of rotatable bonds is 6. The van der Waals surface area contributed by atoms with Crippen LogP contribution in [0.2, 0.25) is 0 Å². The minimum atomic E-state index is 0.754. The fraction of sp³-hybridized carbons (Fsp3) is 0.600. The lowest BCUT2D eigenvalue weighted by Crippen LogP contribution is -2.24. The number of hydrogen-bond donors (Lipinski definition) is 1. The molecular weight excluding hydrogens is 208 g/mol. The fourth-order valence-electron chi connectivity index (χ4n) is 2.62. The van der Waals surface area contributed by atoms with Crippen LogP contribution in [-0.2, 0) is 6.42 Å². The summed E-state index contributed by atoms with van der Waals surface area (Å²) >= 11 is 0. The first-order chi connectivity index (χ1) is 8.38. The largest absolute Gasteiger partial charge is 0.330 e. The Labute approximate surface area is 105 Å². The number of aryl methyl sites for hydroxylation is 1. The van der Waals surface area contributed by atoms with Crippen LogP contribution in [-0.4, -0.2) is 31.1 Å². The summed E-state index contributed by atoms with van der Waals surface area (Å²) in [7, 11) is 0. The summed E-state index contributed by atoms with van der Waals surface area (Å²) in [5.41, 5.74) is 7.17. The van der Waals surface area contributed by atoms with Crippen LogP contribution in [0.3, 0.4) is 0 Å². The highest BCUT2D eigenvalue weighted by Gasteiger charge is 2.20. The van der Waals surface area contributed by atoms with Crippen molar-refractivity contribution in [2.24, 2.45) is 11.7 Å². The first kappa shape index (κ1) is 12.6. The number of nitrogens with zero attached hydrogens (tertiary/aromatic N) is 1. The van der Waals surface area contributed by atoms with Crippen LogP contribution in [0.5, 0.6) is 0 Å². The fourth-order valence-corrected chi connectivity index (χ4v) is 2.62. The lowest BCUT2D eigenvalue weighted by molar-refractivity contribution is 0.317. The second-order valence-corrected chi connectivity index (χ2v) is 5.13. The molecule has 1 atom stereocenters. The smallest absolute Gasteiger partial charge is 0.00222 e. The zero-order valence-corrected chi connectivity index (χ0v) is 10.6. The van der Waals surface area contributed by atoms with Crippen molar-refractivity contribution in [1.82, 2.24) is 4.90 Å². The van der Waals surface area contributed by atoms with Crippen molar-refractivity contribution in [1.29, 1.82) is 0 Å². The third-order valence-electron chi connectivity index (χ3n) is 3.74. The Morgan fingerprint density at radius 2 is 2.00 bits per heavy atom. The average Bonchev–Trinajstić information content (AvgIpc) is 2.84. The molecule has 0 aromatic heterocycles. The second kappa shape index (κ2) is 6.77. The van der Waals surface area contributed by atoms with Crippen LogP contribution in [0.1, 0.15) is 24.8 Å². The predicted octanol–water partition coefficient (Wildman–Crippen LogP) is 2.29. The standard InChI is InChI=1S/C15H24N2/c16-12-15-9-11-17(13-15)10-5-4-8-14-6-2-1-3-7-14/h1-3,6-7,15H,4-5,8-13,16H2. The number of hydrogen-bond acceptors (Lipinski definition) is 2. The molecular formula is C15H24N2. The van der Waals surface area contributed by atoms with E-state index in [1.807, 2.05) is 0 Å². The summed E-state index contributed by atoms with van der Waals surface area (Å²) in [5, 5.41) is 0. The summed E-state index contributed by atoms with van der Waals surface area (Å²) in [6, 6.07) is 10.8. The minimum absolute atomic E-state index is 0.754. The molecule has 17 heavy (non-hydrogen) atoms. The van der Waals surface area contributed by atoms with Gasteiger partial charge in [0.25, 0.3) is 0 Å². The Kier molecular flexibility index (Phi) is 5.02. The quantitative estimate of drug-likeness (QED) is 0.763. The van der Waals surface area contributed by atoms with Gasteiger partial charge in [0.15, 0.2) is 0 Å². The molecule has 2 rings (SSSR count). The van der Waals surface area contributed by atoms with Gasteiger partial charge in [-0.3, -0.25) is 0 Å². The minimum Gasteiger partial charge on any atom is -0.330 e. The molecule has 0 saturated carbocycles. The molecule has 1 saturated heterocycles. The van der Waals surface area contributed by atoms with Crippen LogP contribution in [0, 0.1) is 5.92 Å². The van der Waals surface area contributed by atoms with Crippen molar-refractivity contribution < 1.29 is 0 Å². The van der Waals surface area contributed by atoms with E-state index >= 15 is 0 Å². The Morgan fingerprint density at radius 1 is 1.18 bits per heavy atom. The molecule has 1 aliphatic rings. The van der Waals surface area contributed by atoms with Gasteiger partial charge in [0.1, 0.15) is 0 Å². The lowest BCUT2D eigenvalue weighted by atomic mass is 10.1. The molecule has 0 amide bonds. The van der Waals surface area contributed by atoms with Gasteiger partial charge in [-0.2, -0.15) is 0 Å². The molecule has 2 nitrogen and oxygen atoms in total. The van der Waals surface area contributed by atoms with E-state index in [4.69, 9.17) is 5.73 Å². The monoisotopic (exact) mass is 232 g/mol. The molecule has 1 aromatic carbocycles. The number of unbranched alkanes of at least 4 members (excludes halogenated alkanes) is 1. The van der Waals surface area contributed by atoms with E-state index in [0.717, 1.165) is 12.5 Å². The summed E-state index contributed by atoms with van der Waals surface area (Å²) < 4.78 is 0. The molecule has 0 aliphatic carbocycles. The summed E-state index contributed by atoms with van der Waals surface area (Å²) in [4.78, 5) is 2.57. The highest BCUT2D eigenvalue weighted by molar-refractivity contribution is 5.14. The SMILES string of the molecule is NCC1CCN(CCCCc2ccccc2)C1. The van der Waals surface area contributed by atoms with Crippen molar-refractivity contribution in [2.75, 3.05) is 26.2 Å². The number of likely N-dealkylation sites (tertiary alicyclic amines) is 1. The first-order valence-electron chi connectivity index (χ1n) is 6.85. The third kappa shape index (κ3) is 4.14. The molecule has 1 aromatic rings. The Hall–Kier alpha value is -0.860. The Balaban J connectivity index is 1.58. The van der Waals surface area contributed by atoms with E-state index in [1.54, 1.807) is 0 Å². The second-order valence-electron chi connectivity index (χ2n) is 5.13.